The molecule has 0 saturated heterocycles. The number of nitrogens with zero attached hydrogens (tertiary/aromatic N) is 1. The highest BCUT2D eigenvalue weighted by Gasteiger charge is 2.05. The second-order valence-electron chi connectivity index (χ2n) is 4.61. The van der Waals surface area contributed by atoms with Crippen molar-refractivity contribution in [3.8, 4) is 5.75 Å². The van der Waals surface area contributed by atoms with E-state index in [1.54, 1.807) is 31.2 Å². The Morgan fingerprint density at radius 3 is 2.67 bits per heavy atom. The summed E-state index contributed by atoms with van der Waals surface area (Å²) < 4.78 is 10.4. The number of hydrogen-bond acceptors (Lipinski definition) is 7. The van der Waals surface area contributed by atoms with Gasteiger partial charge in [0.05, 0.1) is 18.0 Å². The second kappa shape index (κ2) is 8.73. The lowest BCUT2D eigenvalue weighted by Gasteiger charge is -2.09. The number of benzene rings is 1. The third kappa shape index (κ3) is 5.76. The lowest BCUT2D eigenvalue weighted by molar-refractivity contribution is -0.114. The summed E-state index contributed by atoms with van der Waals surface area (Å²) in [5.74, 6) is 0.502. The number of carbonyl (C=O) groups excluding carboxylic acids is 2. The van der Waals surface area contributed by atoms with Crippen molar-refractivity contribution >= 4 is 34.2 Å². The zero-order chi connectivity index (χ0) is 17.4. The van der Waals surface area contributed by atoms with Gasteiger partial charge >= 0.3 is 6.09 Å². The van der Waals surface area contributed by atoms with Crippen LogP contribution in [-0.2, 0) is 16.1 Å². The number of carbonyl (C=O) groups is 2. The Morgan fingerprint density at radius 1 is 1.25 bits per heavy atom. The van der Waals surface area contributed by atoms with Gasteiger partial charge in [-0.15, -0.1) is 11.3 Å². The van der Waals surface area contributed by atoms with Gasteiger partial charge in [0, 0.05) is 12.3 Å². The monoisotopic (exact) mass is 350 g/mol. The Hall–Kier alpha value is -2.81. The first-order valence-corrected chi connectivity index (χ1v) is 8.08. The Balaban J connectivity index is 1.80. The summed E-state index contributed by atoms with van der Waals surface area (Å²) in [6, 6.07) is 7.03. The first-order valence-electron chi connectivity index (χ1n) is 7.20. The van der Waals surface area contributed by atoms with Gasteiger partial charge in [0.15, 0.2) is 5.13 Å². The molecule has 0 fully saturated rings. The number of ether oxygens (including phenoxy) is 2. The van der Waals surface area contributed by atoms with Gasteiger partial charge in [0.2, 0.25) is 5.91 Å². The maximum Gasteiger partial charge on any atom is 0.425 e. The highest BCUT2D eigenvalue weighted by atomic mass is 32.1. The van der Waals surface area contributed by atoms with E-state index in [-0.39, 0.29) is 5.91 Å². The quantitative estimate of drug-likeness (QED) is 0.664. The fraction of sp³-hybridized carbons (Fsp3) is 0.267. The smallest absolute Gasteiger partial charge is 0.425 e. The van der Waals surface area contributed by atoms with E-state index in [1.807, 2.05) is 5.38 Å². The molecule has 1 aromatic heterocycles. The lowest BCUT2D eigenvalue weighted by atomic mass is 10.3. The molecular formula is C15H18N4O4S. The molecule has 2 aromatic rings. The van der Waals surface area contributed by atoms with Crippen molar-refractivity contribution in [1.82, 2.24) is 10.4 Å². The van der Waals surface area contributed by atoms with Gasteiger partial charge < -0.3 is 14.8 Å². The van der Waals surface area contributed by atoms with E-state index in [0.717, 1.165) is 5.69 Å². The average Bonchev–Trinajstić information content (AvgIpc) is 2.99. The Labute approximate surface area is 143 Å². The summed E-state index contributed by atoms with van der Waals surface area (Å²) in [5, 5.41) is 4.99. The molecule has 0 bridgehead atoms. The zero-order valence-electron chi connectivity index (χ0n) is 13.3. The minimum Gasteiger partial charge on any atom is -0.487 e. The molecule has 8 nitrogen and oxygen atoms in total. The van der Waals surface area contributed by atoms with Crippen LogP contribution in [0.25, 0.3) is 0 Å². The first kappa shape index (κ1) is 17.5. The maximum atomic E-state index is 11.2. The Morgan fingerprint density at radius 2 is 2.00 bits per heavy atom. The number of hydrazine groups is 1. The first-order chi connectivity index (χ1) is 11.6. The fourth-order valence-corrected chi connectivity index (χ4v) is 2.40. The number of thiazole rings is 1. The highest BCUT2D eigenvalue weighted by Crippen LogP contribution is 2.19. The summed E-state index contributed by atoms with van der Waals surface area (Å²) in [4.78, 5) is 26.3. The Kier molecular flexibility index (Phi) is 6.38. The van der Waals surface area contributed by atoms with Gasteiger partial charge in [-0.05, 0) is 31.2 Å². The van der Waals surface area contributed by atoms with Crippen LogP contribution in [0, 0.1) is 0 Å². The van der Waals surface area contributed by atoms with Gasteiger partial charge in [0.1, 0.15) is 12.4 Å². The SMILES string of the molecule is CCOC(=O)NNc1ccc(OCc2csc(NC(C)=O)n2)cc1. The average molecular weight is 350 g/mol. The summed E-state index contributed by atoms with van der Waals surface area (Å²) >= 11 is 1.34. The molecule has 9 heteroatoms. The van der Waals surface area contributed by atoms with Crippen LogP contribution < -0.4 is 20.9 Å². The van der Waals surface area contributed by atoms with E-state index in [1.165, 1.54) is 18.3 Å². The van der Waals surface area contributed by atoms with Crippen LogP contribution in [0.5, 0.6) is 5.75 Å². The number of amides is 2. The molecule has 0 atom stereocenters. The standard InChI is InChI=1S/C15H18N4O4S/c1-3-22-15(21)19-18-11-4-6-13(7-5-11)23-8-12-9-24-14(17-12)16-10(2)20/h4-7,9,18H,3,8H2,1-2H3,(H,19,21)(H,16,17,20). The summed E-state index contributed by atoms with van der Waals surface area (Å²) in [6.45, 7) is 3.77. The van der Waals surface area contributed by atoms with E-state index in [0.29, 0.717) is 29.8 Å². The van der Waals surface area contributed by atoms with Gasteiger partial charge in [0.25, 0.3) is 0 Å². The normalized spacial score (nSPS) is 9.92. The highest BCUT2D eigenvalue weighted by molar-refractivity contribution is 7.13. The van der Waals surface area contributed by atoms with Crippen molar-refractivity contribution < 1.29 is 19.1 Å². The van der Waals surface area contributed by atoms with E-state index >= 15 is 0 Å². The van der Waals surface area contributed by atoms with Crippen LogP contribution in [0.3, 0.4) is 0 Å². The maximum absolute atomic E-state index is 11.2. The fourth-order valence-electron chi connectivity index (χ4n) is 1.66. The van der Waals surface area contributed by atoms with Crippen LogP contribution >= 0.6 is 11.3 Å². The van der Waals surface area contributed by atoms with Crippen molar-refractivity contribution in [1.29, 1.82) is 0 Å². The number of rotatable bonds is 7. The largest absolute Gasteiger partial charge is 0.487 e. The molecule has 2 amide bonds. The van der Waals surface area contributed by atoms with Gasteiger partial charge in [-0.2, -0.15) is 0 Å². The molecule has 0 aliphatic heterocycles. The van der Waals surface area contributed by atoms with Crippen LogP contribution in [-0.4, -0.2) is 23.6 Å². The number of nitrogens with one attached hydrogen (secondary N) is 3. The molecule has 3 N–H and O–H groups in total. The molecule has 0 saturated carbocycles. The molecule has 0 aliphatic carbocycles. The van der Waals surface area contributed by atoms with Crippen molar-refractivity contribution in [2.24, 2.45) is 0 Å². The molecule has 0 aliphatic rings. The topological polar surface area (TPSA) is 102 Å². The lowest BCUT2D eigenvalue weighted by Crippen LogP contribution is -2.29. The molecule has 1 heterocycles. The minimum atomic E-state index is -0.545. The van der Waals surface area contributed by atoms with Crippen LogP contribution in [0.1, 0.15) is 19.5 Å². The van der Waals surface area contributed by atoms with Gasteiger partial charge in [-0.3, -0.25) is 10.2 Å². The third-order valence-corrected chi connectivity index (χ3v) is 3.47. The molecule has 2 rings (SSSR count). The number of anilines is 2. The Bertz CT molecular complexity index is 687. The van der Waals surface area contributed by atoms with Crippen molar-refractivity contribution in [2.45, 2.75) is 20.5 Å². The van der Waals surface area contributed by atoms with Gasteiger partial charge in [-0.1, -0.05) is 0 Å². The van der Waals surface area contributed by atoms with Crippen molar-refractivity contribution in [2.75, 3.05) is 17.3 Å². The molecule has 1 aromatic carbocycles. The predicted molar refractivity (Wildman–Crippen MR) is 91.0 cm³/mol. The molecular weight excluding hydrogens is 332 g/mol. The zero-order valence-corrected chi connectivity index (χ0v) is 14.1. The molecule has 0 unspecified atom stereocenters. The van der Waals surface area contributed by atoms with E-state index in [4.69, 9.17) is 9.47 Å². The number of hydrogen-bond donors (Lipinski definition) is 3. The van der Waals surface area contributed by atoms with Crippen molar-refractivity contribution in [3.05, 3.63) is 35.3 Å². The molecule has 128 valence electrons. The van der Waals surface area contributed by atoms with Crippen LogP contribution in [0.15, 0.2) is 29.6 Å². The van der Waals surface area contributed by atoms with Crippen LogP contribution in [0.4, 0.5) is 15.6 Å². The third-order valence-electron chi connectivity index (χ3n) is 2.66. The van der Waals surface area contributed by atoms with E-state index < -0.39 is 6.09 Å². The molecule has 24 heavy (non-hydrogen) atoms. The van der Waals surface area contributed by atoms with Crippen LogP contribution in [0.2, 0.25) is 0 Å². The second-order valence-corrected chi connectivity index (χ2v) is 5.47. The molecule has 0 radical (unpaired) electrons. The van der Waals surface area contributed by atoms with Gasteiger partial charge in [-0.25, -0.2) is 15.2 Å². The summed E-state index contributed by atoms with van der Waals surface area (Å²) in [5.41, 5.74) is 6.54. The molecule has 0 spiro atoms. The van der Waals surface area contributed by atoms with Crippen molar-refractivity contribution in [3.63, 3.8) is 0 Å². The summed E-state index contributed by atoms with van der Waals surface area (Å²) in [7, 11) is 0. The van der Waals surface area contributed by atoms with E-state index in [9.17, 15) is 9.59 Å². The minimum absolute atomic E-state index is 0.156. The number of aromatic nitrogens is 1. The predicted octanol–water partition coefficient (Wildman–Crippen LogP) is 2.75. The summed E-state index contributed by atoms with van der Waals surface area (Å²) in [6.07, 6.45) is -0.545. The van der Waals surface area contributed by atoms with E-state index in [2.05, 4.69) is 21.2 Å².